The van der Waals surface area contributed by atoms with Gasteiger partial charge in [-0.2, -0.15) is 0 Å². The second-order valence-corrected chi connectivity index (χ2v) is 8.53. The van der Waals surface area contributed by atoms with Gasteiger partial charge in [-0.3, -0.25) is 4.79 Å². The third-order valence-electron chi connectivity index (χ3n) is 4.93. The highest BCUT2D eigenvalue weighted by Crippen LogP contribution is 2.22. The van der Waals surface area contributed by atoms with Crippen LogP contribution in [0, 0.1) is 0 Å². The number of nitrogens with zero attached hydrogens (tertiary/aromatic N) is 1. The van der Waals surface area contributed by atoms with E-state index in [2.05, 4.69) is 4.72 Å². The Morgan fingerprint density at radius 1 is 1.22 bits per heavy atom. The van der Waals surface area contributed by atoms with Gasteiger partial charge in [0, 0.05) is 30.7 Å². The molecule has 0 radical (unpaired) electrons. The van der Waals surface area contributed by atoms with Crippen LogP contribution >= 0.6 is 0 Å². The summed E-state index contributed by atoms with van der Waals surface area (Å²) < 4.78 is 28.2. The third kappa shape index (κ3) is 4.37. The first kappa shape index (κ1) is 19.5. The van der Waals surface area contributed by atoms with Crippen molar-refractivity contribution in [3.8, 4) is 0 Å². The molecule has 2 aromatic rings. The molecule has 2 unspecified atom stereocenters. The van der Waals surface area contributed by atoms with Gasteiger partial charge >= 0.3 is 0 Å². The van der Waals surface area contributed by atoms with Gasteiger partial charge in [0.05, 0.1) is 4.90 Å². The summed E-state index contributed by atoms with van der Waals surface area (Å²) >= 11 is 0. The fourth-order valence-electron chi connectivity index (χ4n) is 3.42. The van der Waals surface area contributed by atoms with E-state index in [1.54, 1.807) is 24.0 Å². The maximum absolute atomic E-state index is 12.8. The number of carbonyl (C=O) groups is 1. The van der Waals surface area contributed by atoms with Gasteiger partial charge in [-0.25, -0.2) is 13.1 Å². The van der Waals surface area contributed by atoms with Crippen LogP contribution in [0.1, 0.15) is 41.7 Å². The lowest BCUT2D eigenvalue weighted by Gasteiger charge is -2.23. The van der Waals surface area contributed by atoms with Gasteiger partial charge in [-0.15, -0.1) is 0 Å². The number of nitrogens with one attached hydrogen (secondary N) is 1. The van der Waals surface area contributed by atoms with Crippen molar-refractivity contribution in [3.63, 3.8) is 0 Å². The van der Waals surface area contributed by atoms with E-state index in [4.69, 9.17) is 5.73 Å². The van der Waals surface area contributed by atoms with E-state index in [9.17, 15) is 13.2 Å². The van der Waals surface area contributed by atoms with Gasteiger partial charge in [0.15, 0.2) is 0 Å². The Morgan fingerprint density at radius 2 is 1.96 bits per heavy atom. The first-order valence-corrected chi connectivity index (χ1v) is 10.6. The lowest BCUT2D eigenvalue weighted by atomic mass is 10.1. The Bertz CT molecular complexity index is 900. The predicted molar refractivity (Wildman–Crippen MR) is 105 cm³/mol. The van der Waals surface area contributed by atoms with Crippen molar-refractivity contribution in [3.05, 3.63) is 65.7 Å². The number of amides is 1. The summed E-state index contributed by atoms with van der Waals surface area (Å²) in [5.74, 6) is -0.170. The van der Waals surface area contributed by atoms with E-state index < -0.39 is 10.0 Å². The minimum Gasteiger partial charge on any atom is -0.334 e. The molecule has 1 saturated heterocycles. The maximum Gasteiger partial charge on any atom is 0.254 e. The van der Waals surface area contributed by atoms with Gasteiger partial charge in [0.2, 0.25) is 10.0 Å². The van der Waals surface area contributed by atoms with Crippen molar-refractivity contribution < 1.29 is 13.2 Å². The molecular formula is C20H25N3O3S. The number of sulfonamides is 1. The number of nitrogens with two attached hydrogens (primary N) is 1. The first-order chi connectivity index (χ1) is 12.9. The zero-order chi connectivity index (χ0) is 19.4. The minimum atomic E-state index is -3.75. The van der Waals surface area contributed by atoms with E-state index in [0.29, 0.717) is 18.7 Å². The van der Waals surface area contributed by atoms with Crippen LogP contribution in [0.2, 0.25) is 0 Å². The quantitative estimate of drug-likeness (QED) is 0.795. The van der Waals surface area contributed by atoms with Crippen LogP contribution < -0.4 is 10.5 Å². The predicted octanol–water partition coefficient (Wildman–Crippen LogP) is 2.29. The second kappa shape index (κ2) is 8.21. The van der Waals surface area contributed by atoms with Crippen molar-refractivity contribution in [2.24, 2.45) is 5.73 Å². The molecule has 1 fully saturated rings. The Hall–Kier alpha value is -2.22. The molecule has 3 N–H and O–H groups in total. The molecule has 7 heteroatoms. The molecule has 27 heavy (non-hydrogen) atoms. The number of benzene rings is 2. The molecule has 0 spiro atoms. The highest BCUT2D eigenvalue weighted by Gasteiger charge is 2.29. The van der Waals surface area contributed by atoms with Crippen molar-refractivity contribution in [2.75, 3.05) is 13.1 Å². The van der Waals surface area contributed by atoms with E-state index in [1.165, 1.54) is 12.1 Å². The largest absolute Gasteiger partial charge is 0.334 e. The molecule has 0 aromatic heterocycles. The topological polar surface area (TPSA) is 92.5 Å². The molecule has 1 aliphatic rings. The summed E-state index contributed by atoms with van der Waals surface area (Å²) in [7, 11) is -3.75. The lowest BCUT2D eigenvalue weighted by Crippen LogP contribution is -2.40. The molecule has 1 heterocycles. The Balaban J connectivity index is 1.81. The second-order valence-electron chi connectivity index (χ2n) is 6.81. The van der Waals surface area contributed by atoms with Crippen LogP contribution in [-0.2, 0) is 10.0 Å². The van der Waals surface area contributed by atoms with Crippen molar-refractivity contribution in [2.45, 2.75) is 36.7 Å². The van der Waals surface area contributed by atoms with E-state index in [0.717, 1.165) is 18.4 Å². The monoisotopic (exact) mass is 387 g/mol. The van der Waals surface area contributed by atoms with Crippen LogP contribution in [0.5, 0.6) is 0 Å². The molecule has 1 amide bonds. The molecular weight excluding hydrogens is 362 g/mol. The molecule has 0 aliphatic carbocycles. The van der Waals surface area contributed by atoms with Gasteiger partial charge in [-0.05, 0) is 43.5 Å². The van der Waals surface area contributed by atoms with Crippen LogP contribution in [0.4, 0.5) is 0 Å². The Morgan fingerprint density at radius 3 is 2.67 bits per heavy atom. The Kier molecular flexibility index (Phi) is 5.94. The SMILES string of the molecule is CC(NS(=O)(=O)c1cccc(C(=O)N2CCCC2CN)c1)c1ccccc1. The van der Waals surface area contributed by atoms with Crippen molar-refractivity contribution in [1.29, 1.82) is 0 Å². The van der Waals surface area contributed by atoms with Crippen LogP contribution in [0.15, 0.2) is 59.5 Å². The molecule has 1 aliphatic heterocycles. The van der Waals surface area contributed by atoms with Crippen LogP contribution in [0.3, 0.4) is 0 Å². The molecule has 2 atom stereocenters. The zero-order valence-corrected chi connectivity index (χ0v) is 16.2. The van der Waals surface area contributed by atoms with Crippen molar-refractivity contribution >= 4 is 15.9 Å². The normalized spacial score (nSPS) is 18.4. The average Bonchev–Trinajstić information content (AvgIpc) is 3.16. The molecule has 6 nitrogen and oxygen atoms in total. The van der Waals surface area contributed by atoms with Gasteiger partial charge in [0.1, 0.15) is 0 Å². The summed E-state index contributed by atoms with van der Waals surface area (Å²) in [4.78, 5) is 14.6. The van der Waals surface area contributed by atoms with Gasteiger partial charge < -0.3 is 10.6 Å². The van der Waals surface area contributed by atoms with Crippen LogP contribution in [0.25, 0.3) is 0 Å². The highest BCUT2D eigenvalue weighted by atomic mass is 32.2. The molecule has 0 bridgehead atoms. The summed E-state index contributed by atoms with van der Waals surface area (Å²) in [6, 6.07) is 15.2. The average molecular weight is 388 g/mol. The number of carbonyl (C=O) groups excluding carboxylic acids is 1. The summed E-state index contributed by atoms with van der Waals surface area (Å²) in [5, 5.41) is 0. The van der Waals surface area contributed by atoms with E-state index >= 15 is 0 Å². The summed E-state index contributed by atoms with van der Waals surface area (Å²) in [6.07, 6.45) is 1.80. The van der Waals surface area contributed by atoms with E-state index in [1.807, 2.05) is 30.3 Å². The number of likely N-dealkylation sites (tertiary alicyclic amines) is 1. The third-order valence-corrected chi connectivity index (χ3v) is 6.47. The smallest absolute Gasteiger partial charge is 0.254 e. The first-order valence-electron chi connectivity index (χ1n) is 9.11. The fourth-order valence-corrected chi connectivity index (χ4v) is 4.70. The molecule has 144 valence electrons. The Labute approximate surface area is 160 Å². The zero-order valence-electron chi connectivity index (χ0n) is 15.3. The van der Waals surface area contributed by atoms with Crippen molar-refractivity contribution in [1.82, 2.24) is 9.62 Å². The number of rotatable bonds is 6. The highest BCUT2D eigenvalue weighted by molar-refractivity contribution is 7.89. The van der Waals surface area contributed by atoms with Gasteiger partial charge in [-0.1, -0.05) is 36.4 Å². The fraction of sp³-hybridized carbons (Fsp3) is 0.350. The van der Waals surface area contributed by atoms with Crippen LogP contribution in [-0.4, -0.2) is 38.4 Å². The standard InChI is InChI=1S/C20H25N3O3S/c1-15(16-7-3-2-4-8-16)22-27(25,26)19-11-5-9-17(13-19)20(24)23-12-6-10-18(23)14-21/h2-5,7-9,11,13,15,18,22H,6,10,12,14,21H2,1H3. The number of hydrogen-bond acceptors (Lipinski definition) is 4. The summed E-state index contributed by atoms with van der Waals surface area (Å²) in [5.41, 5.74) is 6.99. The molecule has 0 saturated carbocycles. The van der Waals surface area contributed by atoms with Gasteiger partial charge in [0.25, 0.3) is 5.91 Å². The van der Waals surface area contributed by atoms with E-state index in [-0.39, 0.29) is 22.9 Å². The maximum atomic E-state index is 12.8. The lowest BCUT2D eigenvalue weighted by molar-refractivity contribution is 0.0741. The molecule has 2 aromatic carbocycles. The minimum absolute atomic E-state index is 0.0222. The summed E-state index contributed by atoms with van der Waals surface area (Å²) in [6.45, 7) is 2.86. The molecule has 3 rings (SSSR count). The number of hydrogen-bond donors (Lipinski definition) is 2.